The van der Waals surface area contributed by atoms with E-state index in [1.165, 1.54) is 6.08 Å². The minimum atomic E-state index is -1.04. The van der Waals surface area contributed by atoms with Gasteiger partial charge in [-0.2, -0.15) is 0 Å². The van der Waals surface area contributed by atoms with Crippen LogP contribution >= 0.6 is 0 Å². The Bertz CT molecular complexity index is 1290. The number of benzene rings is 3. The van der Waals surface area contributed by atoms with Gasteiger partial charge in [0.2, 0.25) is 0 Å². The molecule has 0 spiro atoms. The fraction of sp³-hybridized carbons (Fsp3) is 0.0370. The van der Waals surface area contributed by atoms with Gasteiger partial charge in [-0.25, -0.2) is 4.79 Å². The Hall–Kier alpha value is -4.58. The van der Waals surface area contributed by atoms with Crippen LogP contribution in [-0.2, 0) is 11.4 Å². The molecule has 33 heavy (non-hydrogen) atoms. The average molecular weight is 439 g/mol. The average Bonchev–Trinajstić information content (AvgIpc) is 3.33. The number of hydrogen-bond donors (Lipinski definition) is 2. The molecule has 0 aliphatic carbocycles. The molecule has 0 atom stereocenters. The van der Waals surface area contributed by atoms with Crippen LogP contribution < -0.4 is 10.1 Å². The highest BCUT2D eigenvalue weighted by atomic mass is 16.5. The van der Waals surface area contributed by atoms with Gasteiger partial charge >= 0.3 is 5.97 Å². The lowest BCUT2D eigenvalue weighted by molar-refractivity contribution is -0.131. The molecule has 1 aromatic heterocycles. The summed E-state index contributed by atoms with van der Waals surface area (Å²) < 4.78 is 11.6. The highest BCUT2D eigenvalue weighted by molar-refractivity contribution is 6.02. The first-order valence-corrected chi connectivity index (χ1v) is 10.3. The highest BCUT2D eigenvalue weighted by Gasteiger charge is 2.13. The van der Waals surface area contributed by atoms with Crippen molar-refractivity contribution in [2.45, 2.75) is 6.61 Å². The van der Waals surface area contributed by atoms with E-state index < -0.39 is 11.9 Å². The zero-order chi connectivity index (χ0) is 23.0. The Balaban J connectivity index is 1.43. The minimum Gasteiger partial charge on any atom is -0.489 e. The lowest BCUT2D eigenvalue weighted by atomic mass is 10.1. The van der Waals surface area contributed by atoms with Gasteiger partial charge in [0, 0.05) is 17.3 Å². The minimum absolute atomic E-state index is 0.159. The van der Waals surface area contributed by atoms with Gasteiger partial charge in [-0.05, 0) is 53.6 Å². The monoisotopic (exact) mass is 439 g/mol. The standard InChI is InChI=1S/C27H21NO5/c29-26(30)15-12-19-8-4-10-22(16-19)28-27(31)25-14-13-24(33-25)21-9-5-11-23(17-21)32-18-20-6-2-1-3-7-20/h1-17H,18H2,(H,28,31)(H,29,30). The zero-order valence-electron chi connectivity index (χ0n) is 17.6. The summed E-state index contributed by atoms with van der Waals surface area (Å²) in [5, 5.41) is 11.5. The maximum absolute atomic E-state index is 12.6. The summed E-state index contributed by atoms with van der Waals surface area (Å²) in [7, 11) is 0. The van der Waals surface area contributed by atoms with Crippen LogP contribution in [0.2, 0.25) is 0 Å². The van der Waals surface area contributed by atoms with Gasteiger partial charge in [0.1, 0.15) is 18.1 Å². The molecule has 0 saturated carbocycles. The van der Waals surface area contributed by atoms with E-state index in [9.17, 15) is 9.59 Å². The van der Waals surface area contributed by atoms with Gasteiger partial charge in [0.25, 0.3) is 5.91 Å². The van der Waals surface area contributed by atoms with Crippen molar-refractivity contribution in [2.75, 3.05) is 5.32 Å². The van der Waals surface area contributed by atoms with Crippen molar-refractivity contribution in [2.24, 2.45) is 0 Å². The van der Waals surface area contributed by atoms with E-state index in [-0.39, 0.29) is 5.76 Å². The number of nitrogens with one attached hydrogen (secondary N) is 1. The second-order valence-corrected chi connectivity index (χ2v) is 7.22. The Kier molecular flexibility index (Phi) is 6.66. The van der Waals surface area contributed by atoms with E-state index in [1.807, 2.05) is 54.6 Å². The largest absolute Gasteiger partial charge is 0.489 e. The van der Waals surface area contributed by atoms with E-state index in [0.29, 0.717) is 29.4 Å². The third-order valence-corrected chi connectivity index (χ3v) is 4.76. The number of furan rings is 1. The number of amides is 1. The van der Waals surface area contributed by atoms with Gasteiger partial charge in [0.15, 0.2) is 5.76 Å². The molecule has 0 saturated heterocycles. The first-order valence-electron chi connectivity index (χ1n) is 10.3. The summed E-state index contributed by atoms with van der Waals surface area (Å²) >= 11 is 0. The Morgan fingerprint density at radius 2 is 1.73 bits per heavy atom. The van der Waals surface area contributed by atoms with E-state index in [1.54, 1.807) is 36.4 Å². The van der Waals surface area contributed by atoms with E-state index in [0.717, 1.165) is 17.2 Å². The molecule has 6 heteroatoms. The molecule has 2 N–H and O–H groups in total. The second-order valence-electron chi connectivity index (χ2n) is 7.22. The number of anilines is 1. The number of carboxylic acid groups (broad SMARTS) is 1. The summed E-state index contributed by atoms with van der Waals surface area (Å²) in [5.41, 5.74) is 3.05. The van der Waals surface area contributed by atoms with Gasteiger partial charge in [-0.3, -0.25) is 4.79 Å². The maximum Gasteiger partial charge on any atom is 0.328 e. The lowest BCUT2D eigenvalue weighted by Crippen LogP contribution is -2.10. The van der Waals surface area contributed by atoms with Crippen molar-refractivity contribution < 1.29 is 23.8 Å². The fourth-order valence-corrected chi connectivity index (χ4v) is 3.18. The fourth-order valence-electron chi connectivity index (χ4n) is 3.18. The van der Waals surface area contributed by atoms with Crippen molar-refractivity contribution in [1.29, 1.82) is 0 Å². The third kappa shape index (κ3) is 5.98. The van der Waals surface area contributed by atoms with Crippen molar-refractivity contribution >= 4 is 23.6 Å². The quantitative estimate of drug-likeness (QED) is 0.335. The van der Waals surface area contributed by atoms with Crippen LogP contribution in [0.25, 0.3) is 17.4 Å². The van der Waals surface area contributed by atoms with Gasteiger partial charge in [-0.15, -0.1) is 0 Å². The number of rotatable bonds is 8. The molecule has 4 aromatic rings. The highest BCUT2D eigenvalue weighted by Crippen LogP contribution is 2.27. The first-order chi connectivity index (χ1) is 16.1. The SMILES string of the molecule is O=C(O)C=Cc1cccc(NC(=O)c2ccc(-c3cccc(OCc4ccccc4)c3)o2)c1. The molecule has 1 heterocycles. The number of carbonyl (C=O) groups is 2. The number of aliphatic carboxylic acids is 1. The lowest BCUT2D eigenvalue weighted by Gasteiger charge is -2.07. The summed E-state index contributed by atoms with van der Waals surface area (Å²) in [4.78, 5) is 23.3. The molecule has 0 bridgehead atoms. The number of hydrogen-bond acceptors (Lipinski definition) is 4. The van der Waals surface area contributed by atoms with Gasteiger partial charge in [-0.1, -0.05) is 54.6 Å². The molecule has 6 nitrogen and oxygen atoms in total. The smallest absolute Gasteiger partial charge is 0.328 e. The number of carboxylic acids is 1. The Morgan fingerprint density at radius 3 is 2.55 bits per heavy atom. The topological polar surface area (TPSA) is 88.8 Å². The molecule has 0 aliphatic heterocycles. The third-order valence-electron chi connectivity index (χ3n) is 4.76. The van der Waals surface area contributed by atoms with Crippen LogP contribution in [0.5, 0.6) is 5.75 Å². The van der Waals surface area contributed by atoms with Crippen molar-refractivity contribution in [3.8, 4) is 17.1 Å². The van der Waals surface area contributed by atoms with Crippen LogP contribution in [0.3, 0.4) is 0 Å². The zero-order valence-corrected chi connectivity index (χ0v) is 17.6. The van der Waals surface area contributed by atoms with Crippen LogP contribution in [0.4, 0.5) is 5.69 Å². The molecule has 164 valence electrons. The predicted octanol–water partition coefficient (Wildman–Crippen LogP) is 5.88. The van der Waals surface area contributed by atoms with E-state index in [4.69, 9.17) is 14.3 Å². The molecular formula is C27H21NO5. The number of carbonyl (C=O) groups excluding carboxylic acids is 1. The molecule has 0 radical (unpaired) electrons. The van der Waals surface area contributed by atoms with Crippen molar-refractivity contribution in [1.82, 2.24) is 0 Å². The maximum atomic E-state index is 12.6. The Labute approximate surface area is 190 Å². The molecule has 4 rings (SSSR count). The summed E-state index contributed by atoms with van der Waals surface area (Å²) in [6, 6.07) is 27.6. The van der Waals surface area contributed by atoms with Crippen LogP contribution in [0, 0.1) is 0 Å². The Morgan fingerprint density at radius 1 is 0.909 bits per heavy atom. The van der Waals surface area contributed by atoms with E-state index in [2.05, 4.69) is 5.32 Å². The molecule has 0 fully saturated rings. The van der Waals surface area contributed by atoms with Gasteiger partial charge in [0.05, 0.1) is 0 Å². The summed E-state index contributed by atoms with van der Waals surface area (Å²) in [6.07, 6.45) is 2.49. The molecule has 0 unspecified atom stereocenters. The molecular weight excluding hydrogens is 418 g/mol. The predicted molar refractivity (Wildman–Crippen MR) is 126 cm³/mol. The van der Waals surface area contributed by atoms with Crippen LogP contribution in [-0.4, -0.2) is 17.0 Å². The van der Waals surface area contributed by atoms with Crippen molar-refractivity contribution in [3.05, 3.63) is 114 Å². The normalized spacial score (nSPS) is 10.8. The molecule has 0 aliphatic rings. The number of ether oxygens (including phenoxy) is 1. The second kappa shape index (κ2) is 10.2. The molecule has 1 amide bonds. The van der Waals surface area contributed by atoms with Crippen LogP contribution in [0.1, 0.15) is 21.7 Å². The van der Waals surface area contributed by atoms with E-state index >= 15 is 0 Å². The van der Waals surface area contributed by atoms with Crippen LogP contribution in [0.15, 0.2) is 101 Å². The summed E-state index contributed by atoms with van der Waals surface area (Å²) in [6.45, 7) is 0.455. The summed E-state index contributed by atoms with van der Waals surface area (Å²) in [5.74, 6) is -0.0419. The van der Waals surface area contributed by atoms with Crippen molar-refractivity contribution in [3.63, 3.8) is 0 Å². The first kappa shape index (κ1) is 21.6. The van der Waals surface area contributed by atoms with Gasteiger partial charge < -0.3 is 19.6 Å². The molecule has 3 aromatic carbocycles.